The molecule has 0 saturated carbocycles. The molecule has 22 aromatic carbocycles. The largest absolute Gasteiger partial charge is 0.456 e. The van der Waals surface area contributed by atoms with Crippen molar-refractivity contribution in [2.24, 2.45) is 0 Å². The van der Waals surface area contributed by atoms with E-state index in [1.807, 2.05) is 131 Å². The van der Waals surface area contributed by atoms with Crippen LogP contribution in [0.25, 0.3) is 142 Å². The monoisotopic (exact) mass is 1800 g/mol. The minimum absolute atomic E-state index is 0.321. The number of para-hydroxylation sites is 9. The van der Waals surface area contributed by atoms with Crippen molar-refractivity contribution in [1.82, 2.24) is 0 Å². The molecule has 0 saturated heterocycles. The lowest BCUT2D eigenvalue weighted by Crippen LogP contribution is -2.38. The Balaban J connectivity index is 0.000000150. The van der Waals surface area contributed by atoms with Gasteiger partial charge in [-0.15, -0.1) is 0 Å². The maximum absolute atomic E-state index is 16.2. The number of benzene rings is 22. The summed E-state index contributed by atoms with van der Waals surface area (Å²) in [7, 11) is -3.72. The van der Waals surface area contributed by atoms with Gasteiger partial charge in [0.05, 0.1) is 56.0 Å². The zero-order chi connectivity index (χ0) is 92.3. The van der Waals surface area contributed by atoms with Crippen molar-refractivity contribution in [2.45, 2.75) is 39.3 Å². The molecule has 1 aromatic heterocycles. The molecule has 25 rings (SSSR count). The van der Waals surface area contributed by atoms with Gasteiger partial charge in [0.2, 0.25) is 0 Å². The van der Waals surface area contributed by atoms with Gasteiger partial charge in [-0.3, -0.25) is 0 Å². The van der Waals surface area contributed by atoms with E-state index in [2.05, 4.69) is 346 Å². The van der Waals surface area contributed by atoms with Crippen LogP contribution in [0, 0.1) is 11.6 Å². The standard InChI is InChI=1S/C66H54N2O2Si2.C60H38F2N2O/c1-71(2,3)47-34-36-49-54-41-57-51-35-33-46(67(44-23-12-8-13-24-44)59-31-20-29-53-50-28-17-19-32-61(50)69-65(53)59)39-62(51)70-66-63(72(4,5)6)38-37-52(64(57)66)55(54)42-60(56(49)40-47)68(45-25-14-9-15-26-45)58-30-18-16-27-48(58)43-21-10-7-11-22-43;61-53-25-13-15-27-55(53)63(42-21-9-3-10-22-42)44-30-32-47-52-37-49-46-31-29-41(39-17-5-1-6-18-39)35-51(46)57(64(43-23-11-4-12-24-43)56-28-16-14-26-54(56)62)38-50(49)48-34-33-45(40-19-7-2-8-20-40)60(59(48)52)65-58(47)36-44/h7-42H,1-6H3;1-38H. The van der Waals surface area contributed by atoms with E-state index in [9.17, 15) is 0 Å². The number of furan rings is 1. The van der Waals surface area contributed by atoms with Crippen molar-refractivity contribution in [1.29, 1.82) is 0 Å². The highest BCUT2D eigenvalue weighted by atomic mass is 28.3. The van der Waals surface area contributed by atoms with Crippen LogP contribution in [-0.2, 0) is 0 Å². The fourth-order valence-electron chi connectivity index (χ4n) is 20.7. The van der Waals surface area contributed by atoms with Crippen LogP contribution in [0.15, 0.2) is 453 Å². The molecule has 137 heavy (non-hydrogen) atoms. The smallest absolute Gasteiger partial charge is 0.159 e. The van der Waals surface area contributed by atoms with Crippen LogP contribution in [0.4, 0.5) is 77.0 Å². The van der Waals surface area contributed by atoms with Crippen molar-refractivity contribution in [3.8, 4) is 78.6 Å². The highest BCUT2D eigenvalue weighted by Crippen LogP contribution is 2.59. The SMILES string of the molecule is C[Si](C)(C)c1ccc2c(c1)c(N(c1ccccc1)c1ccccc1-c1ccccc1)cc1c3ccc([Si](C)(C)C)c4c3c(cc21)-c1ccc(N(c2ccccc2)c2cccc3c2oc2ccccc23)cc1O4.Fc1ccccc1N(c1ccccc1)c1ccc2c(c1)Oc1c(-c3ccccc3)ccc3c1c-2cc1c2ccc(-c4ccccc4)cc2c(N(c2ccccc2)c2ccccc2F)cc31. The molecule has 0 spiro atoms. The van der Waals surface area contributed by atoms with E-state index in [1.165, 1.54) is 71.5 Å². The fraction of sp³-hybridized carbons (Fsp3) is 0.0476. The second-order valence-electron chi connectivity index (χ2n) is 37.6. The molecule has 23 aromatic rings. The molecule has 0 radical (unpaired) electrons. The molecule has 11 heteroatoms. The number of fused-ring (bicyclic) bond motifs is 15. The number of ether oxygens (including phenoxy) is 2. The number of halogens is 2. The Morgan fingerprint density at radius 2 is 0.613 bits per heavy atom. The normalized spacial score (nSPS) is 12.1. The van der Waals surface area contributed by atoms with Gasteiger partial charge in [0.15, 0.2) is 5.58 Å². The van der Waals surface area contributed by atoms with Crippen molar-refractivity contribution in [3.05, 3.63) is 461 Å². The van der Waals surface area contributed by atoms with Gasteiger partial charge in [-0.2, -0.15) is 0 Å². The van der Waals surface area contributed by atoms with Gasteiger partial charge in [-0.25, -0.2) is 8.78 Å². The fourth-order valence-corrected chi connectivity index (χ4v) is 23.3. The van der Waals surface area contributed by atoms with Crippen LogP contribution >= 0.6 is 0 Å². The number of hydrogen-bond donors (Lipinski definition) is 0. The van der Waals surface area contributed by atoms with Gasteiger partial charge >= 0.3 is 0 Å². The highest BCUT2D eigenvalue weighted by molar-refractivity contribution is 6.90. The van der Waals surface area contributed by atoms with E-state index in [-0.39, 0.29) is 11.6 Å². The molecule has 656 valence electrons. The summed E-state index contributed by atoms with van der Waals surface area (Å²) in [6.07, 6.45) is 0. The first-order valence-electron chi connectivity index (χ1n) is 46.8. The number of hydrogen-bond acceptors (Lipinski definition) is 7. The first kappa shape index (κ1) is 83.4. The predicted octanol–water partition coefficient (Wildman–Crippen LogP) is 36.0. The van der Waals surface area contributed by atoms with Crippen molar-refractivity contribution in [2.75, 3.05) is 19.6 Å². The lowest BCUT2D eigenvalue weighted by Gasteiger charge is -2.32. The van der Waals surface area contributed by atoms with Crippen LogP contribution < -0.4 is 39.4 Å². The summed E-state index contributed by atoms with van der Waals surface area (Å²) in [6, 6.07) is 156. The van der Waals surface area contributed by atoms with E-state index in [4.69, 9.17) is 13.9 Å². The Morgan fingerprint density at radius 3 is 1.16 bits per heavy atom. The molecule has 0 amide bonds. The van der Waals surface area contributed by atoms with Gasteiger partial charge in [-0.1, -0.05) is 330 Å². The molecule has 0 N–H and O–H groups in total. The molecule has 0 aliphatic carbocycles. The molecule has 2 aliphatic heterocycles. The average molecular weight is 1800 g/mol. The zero-order valence-electron chi connectivity index (χ0n) is 76.5. The van der Waals surface area contributed by atoms with E-state index >= 15 is 8.78 Å². The maximum Gasteiger partial charge on any atom is 0.159 e. The Morgan fingerprint density at radius 1 is 0.212 bits per heavy atom. The molecule has 0 atom stereocenters. The summed E-state index contributed by atoms with van der Waals surface area (Å²) < 4.78 is 53.3. The number of anilines is 12. The third-order valence-electron chi connectivity index (χ3n) is 27.2. The van der Waals surface area contributed by atoms with Crippen LogP contribution in [0.5, 0.6) is 23.0 Å². The average Bonchev–Trinajstić information content (AvgIpc) is 0.841. The Hall–Kier alpha value is -16.7. The maximum atomic E-state index is 16.2. The topological polar surface area (TPSA) is 44.6 Å². The first-order valence-corrected chi connectivity index (χ1v) is 53.8. The molecular formula is C126H92F2N4O3Si2. The third kappa shape index (κ3) is 14.6. The van der Waals surface area contributed by atoms with Crippen LogP contribution in [0.2, 0.25) is 39.3 Å². The van der Waals surface area contributed by atoms with Crippen molar-refractivity contribution < 1.29 is 22.7 Å². The van der Waals surface area contributed by atoms with Gasteiger partial charge < -0.3 is 33.5 Å². The van der Waals surface area contributed by atoms with Gasteiger partial charge in [0.25, 0.3) is 0 Å². The molecule has 3 heterocycles. The molecule has 7 nitrogen and oxygen atoms in total. The van der Waals surface area contributed by atoms with Crippen molar-refractivity contribution >= 4 is 181 Å². The summed E-state index contributed by atoms with van der Waals surface area (Å²) in [5.74, 6) is 2.58. The minimum atomic E-state index is -1.96. The zero-order valence-corrected chi connectivity index (χ0v) is 78.5. The lowest BCUT2D eigenvalue weighted by molar-refractivity contribution is 0.489. The molecule has 0 fully saturated rings. The van der Waals surface area contributed by atoms with Gasteiger partial charge in [0.1, 0.15) is 40.2 Å². The quantitative estimate of drug-likeness (QED) is 0.0665. The van der Waals surface area contributed by atoms with E-state index < -0.39 is 16.1 Å². The minimum Gasteiger partial charge on any atom is -0.456 e. The highest BCUT2D eigenvalue weighted by Gasteiger charge is 2.35. The summed E-state index contributed by atoms with van der Waals surface area (Å²) in [4.78, 5) is 8.78. The molecule has 0 bridgehead atoms. The Bertz CT molecular complexity index is 8720. The van der Waals surface area contributed by atoms with E-state index in [0.29, 0.717) is 17.1 Å². The van der Waals surface area contributed by atoms with E-state index in [0.717, 1.165) is 167 Å². The summed E-state index contributed by atoms with van der Waals surface area (Å²) in [5.41, 5.74) is 23.0. The van der Waals surface area contributed by atoms with Crippen LogP contribution in [0.1, 0.15) is 0 Å². The van der Waals surface area contributed by atoms with Crippen LogP contribution in [-0.4, -0.2) is 16.1 Å². The summed E-state index contributed by atoms with van der Waals surface area (Å²) in [6.45, 7) is 14.6. The Labute approximate surface area is 796 Å². The third-order valence-corrected chi connectivity index (χ3v) is 31.3. The first-order chi connectivity index (χ1) is 67.1. The van der Waals surface area contributed by atoms with Gasteiger partial charge in [-0.05, 0) is 233 Å². The number of rotatable bonds is 17. The lowest BCUT2D eigenvalue weighted by atomic mass is 9.86. The predicted molar refractivity (Wildman–Crippen MR) is 577 cm³/mol. The second kappa shape index (κ2) is 33.8. The Kier molecular flexibility index (Phi) is 20.6. The molecule has 0 unspecified atom stereocenters. The summed E-state index contributed by atoms with van der Waals surface area (Å²) >= 11 is 0. The van der Waals surface area contributed by atoms with E-state index in [1.54, 1.807) is 18.2 Å². The second-order valence-corrected chi connectivity index (χ2v) is 47.7. The molecule has 2 aliphatic rings. The van der Waals surface area contributed by atoms with Crippen LogP contribution in [0.3, 0.4) is 0 Å². The van der Waals surface area contributed by atoms with Gasteiger partial charge in [0, 0.05) is 95.1 Å². The number of nitrogens with zero attached hydrogens (tertiary/aromatic N) is 4. The molecular weight excluding hydrogens is 1710 g/mol. The van der Waals surface area contributed by atoms with Crippen molar-refractivity contribution in [3.63, 3.8) is 0 Å². The summed E-state index contributed by atoms with van der Waals surface area (Å²) in [5, 5.41) is 18.3.